The standard InChI is InChI=1S/C8H7NO3.ClH/c1-5(10)6-2-3-7(8(11)12)9-4-6;/h2-4H,1H3,(H,11,12);1H. The highest BCUT2D eigenvalue weighted by Gasteiger charge is 2.04. The van der Waals surface area contributed by atoms with Gasteiger partial charge in [0.2, 0.25) is 0 Å². The average Bonchev–Trinajstić information content (AvgIpc) is 2.04. The van der Waals surface area contributed by atoms with Gasteiger partial charge in [-0.1, -0.05) is 0 Å². The molecule has 0 aromatic carbocycles. The first-order chi connectivity index (χ1) is 5.61. The van der Waals surface area contributed by atoms with Crippen LogP contribution in [0.1, 0.15) is 27.8 Å². The molecule has 0 spiro atoms. The van der Waals surface area contributed by atoms with Crippen LogP contribution in [0.15, 0.2) is 18.3 Å². The number of nitrogens with zero attached hydrogens (tertiary/aromatic N) is 1. The van der Waals surface area contributed by atoms with Crippen molar-refractivity contribution in [3.63, 3.8) is 0 Å². The van der Waals surface area contributed by atoms with Crippen molar-refractivity contribution in [1.82, 2.24) is 4.98 Å². The zero-order valence-corrected chi connectivity index (χ0v) is 7.67. The number of ketones is 1. The zero-order chi connectivity index (χ0) is 9.14. The van der Waals surface area contributed by atoms with Gasteiger partial charge in [-0.3, -0.25) is 4.79 Å². The van der Waals surface area contributed by atoms with Gasteiger partial charge in [0.05, 0.1) is 0 Å². The Morgan fingerprint density at radius 3 is 2.31 bits per heavy atom. The molecule has 13 heavy (non-hydrogen) atoms. The van der Waals surface area contributed by atoms with Gasteiger partial charge in [0.25, 0.3) is 0 Å². The molecule has 1 aromatic rings. The van der Waals surface area contributed by atoms with E-state index in [0.717, 1.165) is 0 Å². The van der Waals surface area contributed by atoms with Gasteiger partial charge in [0.15, 0.2) is 5.78 Å². The Balaban J connectivity index is 0.00000144. The summed E-state index contributed by atoms with van der Waals surface area (Å²) in [6.07, 6.45) is 1.26. The summed E-state index contributed by atoms with van der Waals surface area (Å²) in [6.45, 7) is 1.40. The van der Waals surface area contributed by atoms with Crippen LogP contribution in [0.3, 0.4) is 0 Å². The average molecular weight is 202 g/mol. The molecule has 0 saturated carbocycles. The third-order valence-corrected chi connectivity index (χ3v) is 1.39. The number of pyridine rings is 1. The molecule has 0 fully saturated rings. The number of carboxylic acids is 1. The van der Waals surface area contributed by atoms with Crippen LogP contribution in [-0.2, 0) is 0 Å². The fraction of sp³-hybridized carbons (Fsp3) is 0.125. The second-order valence-corrected chi connectivity index (χ2v) is 2.29. The van der Waals surface area contributed by atoms with Gasteiger partial charge in [0, 0.05) is 11.8 Å². The summed E-state index contributed by atoms with van der Waals surface area (Å²) in [6, 6.07) is 2.75. The van der Waals surface area contributed by atoms with E-state index in [2.05, 4.69) is 4.98 Å². The molecule has 0 unspecified atom stereocenters. The number of carbonyl (C=O) groups is 2. The molecular weight excluding hydrogens is 194 g/mol. The second kappa shape index (κ2) is 4.57. The van der Waals surface area contributed by atoms with Crippen LogP contribution in [-0.4, -0.2) is 21.8 Å². The summed E-state index contributed by atoms with van der Waals surface area (Å²) in [7, 11) is 0. The lowest BCUT2D eigenvalue weighted by Gasteiger charge is -1.94. The third kappa shape index (κ3) is 2.83. The minimum Gasteiger partial charge on any atom is -0.477 e. The number of rotatable bonds is 2. The van der Waals surface area contributed by atoms with Gasteiger partial charge in [-0.05, 0) is 19.1 Å². The molecule has 0 bridgehead atoms. The van der Waals surface area contributed by atoms with Gasteiger partial charge in [0.1, 0.15) is 5.69 Å². The summed E-state index contributed by atoms with van der Waals surface area (Å²) in [5, 5.41) is 8.47. The second-order valence-electron chi connectivity index (χ2n) is 2.29. The van der Waals surface area contributed by atoms with Crippen LogP contribution in [0.2, 0.25) is 0 Å². The van der Waals surface area contributed by atoms with E-state index in [9.17, 15) is 9.59 Å². The smallest absolute Gasteiger partial charge is 0.354 e. The fourth-order valence-electron chi connectivity index (χ4n) is 0.729. The highest BCUT2D eigenvalue weighted by atomic mass is 35.5. The minimum absolute atomic E-state index is 0. The SMILES string of the molecule is CC(=O)c1ccc(C(=O)O)nc1.Cl. The van der Waals surface area contributed by atoms with Crippen molar-refractivity contribution in [3.8, 4) is 0 Å². The Morgan fingerprint density at radius 1 is 1.38 bits per heavy atom. The summed E-state index contributed by atoms with van der Waals surface area (Å²) in [5.41, 5.74) is 0.361. The molecule has 0 saturated heterocycles. The third-order valence-electron chi connectivity index (χ3n) is 1.39. The number of carbonyl (C=O) groups excluding carboxylic acids is 1. The molecule has 4 nitrogen and oxygen atoms in total. The fourth-order valence-corrected chi connectivity index (χ4v) is 0.729. The van der Waals surface area contributed by atoms with E-state index in [1.165, 1.54) is 25.3 Å². The van der Waals surface area contributed by atoms with E-state index in [1.807, 2.05) is 0 Å². The molecule has 1 aromatic heterocycles. The van der Waals surface area contributed by atoms with Gasteiger partial charge >= 0.3 is 5.97 Å². The van der Waals surface area contributed by atoms with Crippen molar-refractivity contribution >= 4 is 24.2 Å². The Morgan fingerprint density at radius 2 is 2.00 bits per heavy atom. The first kappa shape index (κ1) is 11.6. The van der Waals surface area contributed by atoms with Crippen LogP contribution in [0.4, 0.5) is 0 Å². The number of halogens is 1. The Kier molecular flexibility index (Phi) is 4.07. The maximum atomic E-state index is 10.7. The van der Waals surface area contributed by atoms with Crippen LogP contribution >= 0.6 is 12.4 Å². The van der Waals surface area contributed by atoms with Crippen LogP contribution < -0.4 is 0 Å². The highest BCUT2D eigenvalue weighted by Crippen LogP contribution is 2.00. The van der Waals surface area contributed by atoms with E-state index in [1.54, 1.807) is 0 Å². The quantitative estimate of drug-likeness (QED) is 0.735. The summed E-state index contributed by atoms with van der Waals surface area (Å²) >= 11 is 0. The lowest BCUT2D eigenvalue weighted by molar-refractivity contribution is 0.0690. The van der Waals surface area contributed by atoms with E-state index in [0.29, 0.717) is 5.56 Å². The molecule has 1 rings (SSSR count). The largest absolute Gasteiger partial charge is 0.477 e. The molecule has 1 heterocycles. The molecule has 0 atom stereocenters. The molecule has 5 heteroatoms. The Hall–Kier alpha value is -1.42. The van der Waals surface area contributed by atoms with Crippen molar-refractivity contribution < 1.29 is 14.7 Å². The van der Waals surface area contributed by atoms with Crippen molar-refractivity contribution in [2.24, 2.45) is 0 Å². The van der Waals surface area contributed by atoms with Crippen LogP contribution in [0.25, 0.3) is 0 Å². The number of hydrogen-bond donors (Lipinski definition) is 1. The van der Waals surface area contributed by atoms with Gasteiger partial charge in [-0.15, -0.1) is 12.4 Å². The molecule has 70 valence electrons. The van der Waals surface area contributed by atoms with E-state index >= 15 is 0 Å². The highest BCUT2D eigenvalue weighted by molar-refractivity contribution is 5.94. The number of Topliss-reactive ketones (excluding diaryl/α,β-unsaturated/α-hetero) is 1. The van der Waals surface area contributed by atoms with Crippen molar-refractivity contribution in [2.45, 2.75) is 6.92 Å². The van der Waals surface area contributed by atoms with Crippen molar-refractivity contribution in [2.75, 3.05) is 0 Å². The van der Waals surface area contributed by atoms with E-state index < -0.39 is 5.97 Å². The molecular formula is C8H8ClNO3. The maximum Gasteiger partial charge on any atom is 0.354 e. The Bertz CT molecular complexity index is 288. The summed E-state index contributed by atoms with van der Waals surface area (Å²) in [5.74, 6) is -1.22. The molecule has 0 amide bonds. The van der Waals surface area contributed by atoms with Gasteiger partial charge in [-0.2, -0.15) is 0 Å². The predicted octanol–water partition coefficient (Wildman–Crippen LogP) is 1.40. The number of aromatic carboxylic acids is 1. The van der Waals surface area contributed by atoms with Crippen LogP contribution in [0.5, 0.6) is 0 Å². The number of carboxylic acid groups (broad SMARTS) is 1. The van der Waals surface area contributed by atoms with E-state index in [-0.39, 0.29) is 23.9 Å². The lowest BCUT2D eigenvalue weighted by atomic mass is 10.2. The number of aromatic nitrogens is 1. The molecule has 0 aliphatic heterocycles. The maximum absolute atomic E-state index is 10.7. The van der Waals surface area contributed by atoms with Crippen LogP contribution in [0, 0.1) is 0 Å². The first-order valence-corrected chi connectivity index (χ1v) is 3.31. The monoisotopic (exact) mass is 201 g/mol. The summed E-state index contributed by atoms with van der Waals surface area (Å²) in [4.78, 5) is 24.7. The number of hydrogen-bond acceptors (Lipinski definition) is 3. The molecule has 0 aliphatic rings. The molecule has 0 aliphatic carbocycles. The van der Waals surface area contributed by atoms with Gasteiger partial charge < -0.3 is 5.11 Å². The van der Waals surface area contributed by atoms with Gasteiger partial charge in [-0.25, -0.2) is 9.78 Å². The normalized spacial score (nSPS) is 8.69. The zero-order valence-electron chi connectivity index (χ0n) is 6.85. The molecule has 1 N–H and O–H groups in total. The topological polar surface area (TPSA) is 67.3 Å². The first-order valence-electron chi connectivity index (χ1n) is 3.31. The Labute approximate surface area is 81.0 Å². The summed E-state index contributed by atoms with van der Waals surface area (Å²) < 4.78 is 0. The van der Waals surface area contributed by atoms with Crippen molar-refractivity contribution in [1.29, 1.82) is 0 Å². The van der Waals surface area contributed by atoms with Crippen molar-refractivity contribution in [3.05, 3.63) is 29.6 Å². The van der Waals surface area contributed by atoms with E-state index in [4.69, 9.17) is 5.11 Å². The lowest BCUT2D eigenvalue weighted by Crippen LogP contribution is -2.01. The molecule has 0 radical (unpaired) electrons. The predicted molar refractivity (Wildman–Crippen MR) is 48.4 cm³/mol. The minimum atomic E-state index is -1.09.